The number of aryl methyl sites for hydroxylation is 1. The zero-order chi connectivity index (χ0) is 23.5. The molecular formula is C23H25ClF3N3O2. The summed E-state index contributed by atoms with van der Waals surface area (Å²) in [7, 11) is 0. The van der Waals surface area contributed by atoms with Gasteiger partial charge in [0.2, 0.25) is 11.8 Å². The van der Waals surface area contributed by atoms with Crippen molar-refractivity contribution in [2.75, 3.05) is 31.5 Å². The molecule has 1 aliphatic rings. The number of nitrogens with one attached hydrogen (secondary N) is 1. The number of carbonyl (C=O) groups excluding carboxylic acids is 2. The Bertz CT molecular complexity index is 989. The van der Waals surface area contributed by atoms with Crippen LogP contribution in [0.15, 0.2) is 42.5 Å². The number of nitrogens with zero attached hydrogens (tertiary/aromatic N) is 2. The van der Waals surface area contributed by atoms with Gasteiger partial charge < -0.3 is 10.2 Å². The van der Waals surface area contributed by atoms with E-state index >= 15 is 0 Å². The third-order valence-electron chi connectivity index (χ3n) is 5.74. The Hall–Kier alpha value is -2.58. The third-order valence-corrected chi connectivity index (χ3v) is 5.98. The number of benzene rings is 2. The highest BCUT2D eigenvalue weighted by Gasteiger charge is 2.35. The zero-order valence-corrected chi connectivity index (χ0v) is 18.6. The summed E-state index contributed by atoms with van der Waals surface area (Å²) >= 11 is 5.69. The maximum absolute atomic E-state index is 13.3. The molecule has 1 atom stereocenters. The van der Waals surface area contributed by atoms with Crippen LogP contribution in [-0.2, 0) is 22.2 Å². The highest BCUT2D eigenvalue weighted by atomic mass is 35.5. The van der Waals surface area contributed by atoms with Gasteiger partial charge in [0.1, 0.15) is 0 Å². The molecule has 2 amide bonds. The first kappa shape index (κ1) is 24.1. The predicted octanol–water partition coefficient (Wildman–Crippen LogP) is 4.38. The van der Waals surface area contributed by atoms with E-state index in [1.165, 1.54) is 6.07 Å². The highest BCUT2D eigenvalue weighted by molar-refractivity contribution is 6.30. The topological polar surface area (TPSA) is 52.7 Å². The second-order valence-corrected chi connectivity index (χ2v) is 8.31. The number of rotatable bonds is 5. The molecule has 5 nitrogen and oxygen atoms in total. The normalized spacial score (nSPS) is 16.0. The second-order valence-electron chi connectivity index (χ2n) is 7.87. The maximum Gasteiger partial charge on any atom is 0.418 e. The molecule has 1 saturated heterocycles. The molecule has 1 unspecified atom stereocenters. The number of hydrogen-bond donors (Lipinski definition) is 1. The minimum Gasteiger partial charge on any atom is -0.340 e. The Balaban J connectivity index is 1.57. The average Bonchev–Trinajstić information content (AvgIpc) is 2.75. The van der Waals surface area contributed by atoms with Crippen molar-refractivity contribution in [3.8, 4) is 0 Å². The van der Waals surface area contributed by atoms with Crippen molar-refractivity contribution in [3.63, 3.8) is 0 Å². The summed E-state index contributed by atoms with van der Waals surface area (Å²) in [6, 6.07) is 10.3. The molecule has 2 aromatic carbocycles. The number of carbonyl (C=O) groups is 2. The summed E-state index contributed by atoms with van der Waals surface area (Å²) in [5.74, 6) is -0.524. The molecule has 0 aliphatic carbocycles. The van der Waals surface area contributed by atoms with Gasteiger partial charge in [0.15, 0.2) is 0 Å². The van der Waals surface area contributed by atoms with Crippen LogP contribution >= 0.6 is 11.6 Å². The average molecular weight is 468 g/mol. The quantitative estimate of drug-likeness (QED) is 0.710. The Labute approximate surface area is 190 Å². The maximum atomic E-state index is 13.3. The van der Waals surface area contributed by atoms with E-state index in [1.54, 1.807) is 11.8 Å². The van der Waals surface area contributed by atoms with Crippen LogP contribution < -0.4 is 5.32 Å². The second kappa shape index (κ2) is 9.92. The van der Waals surface area contributed by atoms with Crippen LogP contribution in [0.25, 0.3) is 0 Å². The summed E-state index contributed by atoms with van der Waals surface area (Å²) in [6.45, 7) is 5.44. The molecule has 1 aliphatic heterocycles. The van der Waals surface area contributed by atoms with Crippen LogP contribution in [-0.4, -0.2) is 53.8 Å². The fourth-order valence-electron chi connectivity index (χ4n) is 3.70. The summed E-state index contributed by atoms with van der Waals surface area (Å²) < 4.78 is 39.8. The number of halogens is 4. The van der Waals surface area contributed by atoms with Crippen LogP contribution in [0.4, 0.5) is 18.9 Å². The van der Waals surface area contributed by atoms with E-state index in [0.717, 1.165) is 23.3 Å². The van der Waals surface area contributed by atoms with Gasteiger partial charge in [-0.05, 0) is 43.2 Å². The van der Waals surface area contributed by atoms with Gasteiger partial charge in [-0.1, -0.05) is 35.9 Å². The lowest BCUT2D eigenvalue weighted by Gasteiger charge is -2.37. The molecule has 1 fully saturated rings. The molecule has 0 aromatic heterocycles. The van der Waals surface area contributed by atoms with Gasteiger partial charge in [0, 0.05) is 31.2 Å². The summed E-state index contributed by atoms with van der Waals surface area (Å²) in [4.78, 5) is 28.9. The van der Waals surface area contributed by atoms with Crippen LogP contribution in [0.3, 0.4) is 0 Å². The van der Waals surface area contributed by atoms with Crippen LogP contribution in [0.2, 0.25) is 5.02 Å². The van der Waals surface area contributed by atoms with Crippen molar-refractivity contribution in [1.82, 2.24) is 9.80 Å². The molecule has 0 bridgehead atoms. The Morgan fingerprint density at radius 1 is 1.09 bits per heavy atom. The van der Waals surface area contributed by atoms with Gasteiger partial charge in [0.25, 0.3) is 0 Å². The fraction of sp³-hybridized carbons (Fsp3) is 0.391. The minimum atomic E-state index is -4.64. The number of hydrogen-bond acceptors (Lipinski definition) is 3. The summed E-state index contributed by atoms with van der Waals surface area (Å²) in [5.41, 5.74) is 0.726. The fourth-order valence-corrected chi connectivity index (χ4v) is 3.88. The van der Waals surface area contributed by atoms with Gasteiger partial charge in [-0.15, -0.1) is 0 Å². The molecule has 3 rings (SSSR count). The van der Waals surface area contributed by atoms with E-state index in [1.807, 2.05) is 36.1 Å². The van der Waals surface area contributed by atoms with Crippen LogP contribution in [0.1, 0.15) is 23.6 Å². The Kier molecular flexibility index (Phi) is 7.46. The molecule has 0 saturated carbocycles. The summed E-state index contributed by atoms with van der Waals surface area (Å²) in [6.07, 6.45) is -4.32. The monoisotopic (exact) mass is 467 g/mol. The molecular weight excluding hydrogens is 443 g/mol. The van der Waals surface area contributed by atoms with E-state index in [2.05, 4.69) is 5.32 Å². The lowest BCUT2D eigenvalue weighted by Crippen LogP contribution is -2.54. The third kappa shape index (κ3) is 5.81. The number of anilines is 1. The molecule has 2 aromatic rings. The molecule has 1 N–H and O–H groups in total. The van der Waals surface area contributed by atoms with E-state index in [9.17, 15) is 22.8 Å². The minimum absolute atomic E-state index is 0.0204. The zero-order valence-electron chi connectivity index (χ0n) is 17.9. The standard InChI is InChI=1S/C23H25ClF3N3O2/c1-15-5-3-4-6-17(15)13-21(31)30-11-9-29(10-12-30)16(2)22(32)28-20-8-7-18(24)14-19(20)23(25,26)27/h3-8,14,16H,9-13H2,1-2H3,(H,28,32). The molecule has 1 heterocycles. The Morgan fingerprint density at radius 2 is 1.75 bits per heavy atom. The van der Waals surface area contributed by atoms with Gasteiger partial charge in [0.05, 0.1) is 23.7 Å². The lowest BCUT2D eigenvalue weighted by atomic mass is 10.0. The SMILES string of the molecule is Cc1ccccc1CC(=O)N1CCN(C(C)C(=O)Nc2ccc(Cl)cc2C(F)(F)F)CC1. The largest absolute Gasteiger partial charge is 0.418 e. The molecule has 32 heavy (non-hydrogen) atoms. The van der Waals surface area contributed by atoms with Gasteiger partial charge in [-0.25, -0.2) is 0 Å². The van der Waals surface area contributed by atoms with Crippen molar-refractivity contribution < 1.29 is 22.8 Å². The van der Waals surface area contributed by atoms with Crippen molar-refractivity contribution in [3.05, 3.63) is 64.2 Å². The number of piperazine rings is 1. The van der Waals surface area contributed by atoms with E-state index in [-0.39, 0.29) is 16.6 Å². The van der Waals surface area contributed by atoms with Crippen LogP contribution in [0, 0.1) is 6.92 Å². The van der Waals surface area contributed by atoms with Gasteiger partial charge >= 0.3 is 6.18 Å². The van der Waals surface area contributed by atoms with Crippen molar-refractivity contribution in [2.45, 2.75) is 32.5 Å². The van der Waals surface area contributed by atoms with Crippen molar-refractivity contribution in [2.24, 2.45) is 0 Å². The predicted molar refractivity (Wildman–Crippen MR) is 118 cm³/mol. The van der Waals surface area contributed by atoms with E-state index in [0.29, 0.717) is 32.6 Å². The van der Waals surface area contributed by atoms with Crippen LogP contribution in [0.5, 0.6) is 0 Å². The van der Waals surface area contributed by atoms with Crippen molar-refractivity contribution in [1.29, 1.82) is 0 Å². The molecule has 0 radical (unpaired) electrons. The first-order valence-electron chi connectivity index (χ1n) is 10.3. The van der Waals surface area contributed by atoms with Gasteiger partial charge in [-0.2, -0.15) is 13.2 Å². The first-order valence-corrected chi connectivity index (χ1v) is 10.7. The molecule has 0 spiro atoms. The number of amides is 2. The van der Waals surface area contributed by atoms with Gasteiger partial charge in [-0.3, -0.25) is 14.5 Å². The van der Waals surface area contributed by atoms with E-state index < -0.39 is 23.7 Å². The smallest absolute Gasteiger partial charge is 0.340 e. The highest BCUT2D eigenvalue weighted by Crippen LogP contribution is 2.36. The molecule has 172 valence electrons. The lowest BCUT2D eigenvalue weighted by molar-refractivity contribution is -0.137. The number of alkyl halides is 3. The summed E-state index contributed by atoms with van der Waals surface area (Å²) in [5, 5.41) is 2.31. The Morgan fingerprint density at radius 3 is 2.38 bits per heavy atom. The van der Waals surface area contributed by atoms with E-state index in [4.69, 9.17) is 11.6 Å². The molecule has 9 heteroatoms. The van der Waals surface area contributed by atoms with Crippen molar-refractivity contribution >= 4 is 29.1 Å². The first-order chi connectivity index (χ1) is 15.1.